The first kappa shape index (κ1) is 105. The number of amides is 17. The zero-order chi connectivity index (χ0) is 98.6. The summed E-state index contributed by atoms with van der Waals surface area (Å²) < 4.78 is 5.39. The van der Waals surface area contributed by atoms with Gasteiger partial charge in [-0.15, -0.1) is 11.8 Å². The number of aromatic nitrogens is 4. The summed E-state index contributed by atoms with van der Waals surface area (Å²) in [5.74, 6) is -22.5. The number of benzene rings is 3. The lowest BCUT2D eigenvalue weighted by atomic mass is 9.90. The van der Waals surface area contributed by atoms with Crippen molar-refractivity contribution in [3.8, 4) is 5.75 Å². The molecule has 46 heteroatoms. The van der Waals surface area contributed by atoms with Crippen LogP contribution < -0.4 is 65.1 Å². The lowest BCUT2D eigenvalue weighted by molar-refractivity contribution is -0.149. The molecule has 0 spiro atoms. The second kappa shape index (κ2) is 49.7. The maximum Gasteiger partial charge on any atom is 0.303 e. The van der Waals surface area contributed by atoms with E-state index < -0.39 is 285 Å². The van der Waals surface area contributed by atoms with Crippen molar-refractivity contribution in [2.75, 3.05) is 72.6 Å². The molecule has 0 aliphatic carbocycles. The third-order valence-corrected chi connectivity index (χ3v) is 25.0. The molecular formula is C89H119N21O24S. The first-order chi connectivity index (χ1) is 64.3. The molecule has 135 heavy (non-hydrogen) atoms. The summed E-state index contributed by atoms with van der Waals surface area (Å²) >= 11 is 0.683. The number of hydrogen-bond donors (Lipinski definition) is 19. The molecule has 3 fully saturated rings. The lowest BCUT2D eigenvalue weighted by Gasteiger charge is -2.36. The SMILES string of the molecule is CCCC[C@H]1C(=O)N(C)[C@@H](CCOC)C(=O)N[C@@H](CCC(=O)O)C(=O)N[C@H](C(=O)NCC(N)=O)CSCC(=O)N[C@@H](Cc2ccc(O)cc2)C(=O)N(C)[C@@H](C)C(=O)N[C@@H](CC(N)=O)C(=O)N2CCC[C@H]2C(=O)N[C@@H](Cc2c[nH]cn2)C(=O)N[C@@H](CCC(N)=O)C(=O)N2C[C@H](O)C[C@H]2C(=O)C[C@@H](Cc2c[nH]c3ccccc23)C(=O)N[C@@H](CO)C(=O)N[C@@H](Cc2c[nH]c3ccccc23)C(=O)N1C. The largest absolute Gasteiger partial charge is 0.508 e. The molecule has 0 saturated carbocycles. The van der Waals surface area contributed by atoms with Crippen LogP contribution in [0.15, 0.2) is 97.7 Å². The molecule has 0 bridgehead atoms. The standard InChI is InChI=1S/C89H119N21O24S/c1-7-8-18-69-89(133)107(4)67(28-30-134-6)83(127)99-59(25-27-76(119)120)80(124)105-66(79(123)96-41-74(92)117)44-135-45-75(118)98-62(31-48-20-22-53(112)23-21-48)85(129)106(3)47(2)77(121)102-64(37-73(91)116)88(132)109-29-13-19-68(109)84(128)101-61(35-52-40-93-46-97-52)81(125)100-60(24-26-72(90)115)87(131)110-42-54(113)36-70(110)71(114)34-49(32-50-38-94-57-16-11-9-14-55(50)57)78(122)104-65(43-111)82(126)103-63(86(130)108(69)5)33-51-39-95-58-17-12-10-15-56(51)58/h9-12,14-17,20-23,38-40,46-47,49,54,59-70,94-95,111-113H,7-8,13,18-19,24-37,41-45H2,1-6H3,(H2,90,115)(H2,91,116)(H2,92,117)(H,93,97)(H,96,123)(H,98,118)(H,99,127)(H,100,125)(H,101,128)(H,102,121)(H,103,126)(H,104,122)(H,105,124)(H,119,120)/t47-,49+,54+,59-,60-,61-,62-,63-,64-,65-,66-,67-,68-,69-,70-/m0/s1. The highest BCUT2D eigenvalue weighted by molar-refractivity contribution is 8.00. The van der Waals surface area contributed by atoms with Crippen molar-refractivity contribution >= 4 is 146 Å². The molecule has 730 valence electrons. The van der Waals surface area contributed by atoms with E-state index in [1.807, 2.05) is 0 Å². The van der Waals surface area contributed by atoms with Crippen molar-refractivity contribution in [3.63, 3.8) is 0 Å². The van der Waals surface area contributed by atoms with Crippen LogP contribution in [0.1, 0.15) is 120 Å². The first-order valence-electron chi connectivity index (χ1n) is 44.2. The summed E-state index contributed by atoms with van der Waals surface area (Å²) in [6, 6.07) is -2.34. The number of aliphatic hydroxyl groups excluding tert-OH is 2. The van der Waals surface area contributed by atoms with Crippen molar-refractivity contribution in [2.45, 2.75) is 208 Å². The fraction of sp³-hybridized carbons (Fsp3) is 0.506. The van der Waals surface area contributed by atoms with Crippen molar-refractivity contribution in [1.29, 1.82) is 0 Å². The van der Waals surface area contributed by atoms with Gasteiger partial charge in [0.05, 0.1) is 49.5 Å². The quantitative estimate of drug-likeness (QED) is 0.0245. The van der Waals surface area contributed by atoms with Gasteiger partial charge < -0.3 is 130 Å². The van der Waals surface area contributed by atoms with Crippen LogP contribution in [0.3, 0.4) is 0 Å². The van der Waals surface area contributed by atoms with E-state index in [1.165, 1.54) is 72.0 Å². The number of carboxylic acid groups (broad SMARTS) is 1. The van der Waals surface area contributed by atoms with Crippen molar-refractivity contribution in [2.24, 2.45) is 23.1 Å². The maximum absolute atomic E-state index is 15.7. The summed E-state index contributed by atoms with van der Waals surface area (Å²) in [5.41, 5.74) is 19.4. The van der Waals surface area contributed by atoms with Crippen LogP contribution >= 0.6 is 11.8 Å². The number of carbonyl (C=O) groups is 19. The van der Waals surface area contributed by atoms with Gasteiger partial charge in [0.15, 0.2) is 5.78 Å². The molecule has 3 aromatic heterocycles. The molecule has 3 aromatic carbocycles. The van der Waals surface area contributed by atoms with Gasteiger partial charge in [0.25, 0.3) is 0 Å². The molecule has 3 saturated heterocycles. The monoisotopic (exact) mass is 1900 g/mol. The Morgan fingerprint density at radius 3 is 1.78 bits per heavy atom. The number of para-hydroxylation sites is 2. The smallest absolute Gasteiger partial charge is 0.303 e. The minimum Gasteiger partial charge on any atom is -0.508 e. The number of primary amides is 3. The Labute approximate surface area is 779 Å². The van der Waals surface area contributed by atoms with Crippen LogP contribution in [0.5, 0.6) is 5.75 Å². The Hall–Kier alpha value is -13.9. The number of unbranched alkanes of at least 4 members (excludes halogenated alkanes) is 1. The van der Waals surface area contributed by atoms with Crippen molar-refractivity contribution in [3.05, 3.63) is 120 Å². The van der Waals surface area contributed by atoms with E-state index >= 15 is 38.4 Å². The molecular weight excluding hydrogens is 1780 g/mol. The average Bonchev–Trinajstić information content (AvgIpc) is 1.66. The Balaban J connectivity index is 1.10. The zero-order valence-electron chi connectivity index (χ0n) is 75.6. The summed E-state index contributed by atoms with van der Waals surface area (Å²) in [6.07, 6.45) is -1.15. The van der Waals surface area contributed by atoms with E-state index in [0.717, 1.165) is 24.5 Å². The fourth-order valence-electron chi connectivity index (χ4n) is 16.5. The van der Waals surface area contributed by atoms with Gasteiger partial charge in [0.2, 0.25) is 100 Å². The Morgan fingerprint density at radius 2 is 1.16 bits per heavy atom. The molecule has 45 nitrogen and oxygen atoms in total. The summed E-state index contributed by atoms with van der Waals surface area (Å²) in [4.78, 5) is 293. The van der Waals surface area contributed by atoms with E-state index in [2.05, 4.69) is 67.8 Å². The van der Waals surface area contributed by atoms with Gasteiger partial charge in [-0.1, -0.05) is 68.3 Å². The minimum atomic E-state index is -1.92. The number of aliphatic carboxylic acids is 1. The number of ether oxygens (including phenoxy) is 1. The van der Waals surface area contributed by atoms with Gasteiger partial charge in [-0.25, -0.2) is 4.98 Å². The average molecular weight is 1900 g/mol. The number of rotatable bonds is 26. The highest BCUT2D eigenvalue weighted by Crippen LogP contribution is 2.30. The molecule has 6 aromatic rings. The predicted octanol–water partition coefficient (Wildman–Crippen LogP) is -4.17. The number of fused-ring (bicyclic) bond motifs is 4. The number of aromatic hydroxyl groups is 1. The molecule has 9 rings (SSSR count). The highest BCUT2D eigenvalue weighted by atomic mass is 32.2. The van der Waals surface area contributed by atoms with Crippen LogP contribution in [0, 0.1) is 5.92 Å². The van der Waals surface area contributed by atoms with Crippen LogP contribution in [-0.2, 0) is 122 Å². The molecule has 17 amide bonds. The topological polar surface area (TPSA) is 677 Å². The molecule has 3 aliphatic rings. The number of Topliss-reactive ketones (excluding diaryl/α,β-unsaturated/α-hetero) is 1. The van der Waals surface area contributed by atoms with Crippen LogP contribution in [0.2, 0.25) is 0 Å². The first-order valence-corrected chi connectivity index (χ1v) is 45.4. The number of likely N-dealkylation sites (N-methyl/N-ethyl adjacent to an activating group) is 3. The number of methoxy groups -OCH3 is 1. The number of aliphatic hydroxyl groups is 2. The molecule has 15 atom stereocenters. The summed E-state index contributed by atoms with van der Waals surface area (Å²) in [5, 5.41) is 66.9. The van der Waals surface area contributed by atoms with Gasteiger partial charge >= 0.3 is 5.97 Å². The fourth-order valence-corrected chi connectivity index (χ4v) is 17.3. The maximum atomic E-state index is 15.7. The Kier molecular flexibility index (Phi) is 38.6. The Bertz CT molecular complexity index is 5280. The number of thioether (sulfide) groups is 1. The van der Waals surface area contributed by atoms with Crippen molar-refractivity contribution in [1.82, 2.24) is 92.3 Å². The lowest BCUT2D eigenvalue weighted by Crippen LogP contribution is -2.61. The van der Waals surface area contributed by atoms with E-state index in [0.29, 0.717) is 56.7 Å². The normalized spacial score (nSPS) is 24.8. The number of nitrogens with zero attached hydrogens (tertiary/aromatic N) is 6. The number of ketones is 1. The number of phenols is 1. The zero-order valence-corrected chi connectivity index (χ0v) is 76.5. The minimum absolute atomic E-state index is 0.0754. The van der Waals surface area contributed by atoms with Crippen LogP contribution in [0.4, 0.5) is 0 Å². The number of nitrogens with two attached hydrogens (primary N) is 3. The van der Waals surface area contributed by atoms with Gasteiger partial charge in [-0.05, 0) is 86.4 Å². The third-order valence-electron chi connectivity index (χ3n) is 24.0. The number of imidazole rings is 1. The van der Waals surface area contributed by atoms with Crippen LogP contribution in [-0.4, -0.2) is 334 Å². The number of phenolic OH excluding ortho intramolecular Hbond substituents is 1. The van der Waals surface area contributed by atoms with Crippen molar-refractivity contribution < 1.29 is 116 Å². The molecule has 6 heterocycles. The number of carboxylic acids is 1. The highest BCUT2D eigenvalue weighted by Gasteiger charge is 2.47. The van der Waals surface area contributed by atoms with Crippen LogP contribution in [0.25, 0.3) is 21.8 Å². The molecule has 22 N–H and O–H groups in total. The third kappa shape index (κ3) is 29.1. The number of hydrogen-bond acceptors (Lipinski definition) is 25. The van der Waals surface area contributed by atoms with E-state index in [4.69, 9.17) is 21.9 Å². The molecule has 3 aliphatic heterocycles. The predicted molar refractivity (Wildman–Crippen MR) is 485 cm³/mol. The number of carbonyl (C=O) groups excluding carboxylic acids is 18. The van der Waals surface area contributed by atoms with Gasteiger partial charge in [-0.3, -0.25) is 91.1 Å². The second-order valence-electron chi connectivity index (χ2n) is 33.7. The van der Waals surface area contributed by atoms with Gasteiger partial charge in [0, 0.05) is 151 Å². The molecule has 0 unspecified atom stereocenters. The number of nitrogens with one attached hydrogen (secondary N) is 12. The van der Waals surface area contributed by atoms with E-state index in [1.54, 1.807) is 67.8 Å². The summed E-state index contributed by atoms with van der Waals surface area (Å²) in [6.45, 7) is 0.148. The number of H-pyrrole nitrogens is 3. The Morgan fingerprint density at radius 1 is 0.570 bits per heavy atom. The molecule has 0 radical (unpaired) electrons. The van der Waals surface area contributed by atoms with Gasteiger partial charge in [-0.2, -0.15) is 0 Å². The van der Waals surface area contributed by atoms with E-state index in [-0.39, 0.29) is 76.0 Å². The van der Waals surface area contributed by atoms with Gasteiger partial charge in [0.1, 0.15) is 78.3 Å². The summed E-state index contributed by atoms with van der Waals surface area (Å²) in [7, 11) is 4.96. The van der Waals surface area contributed by atoms with E-state index in [9.17, 15) is 73.2 Å². The number of aromatic amines is 3. The second-order valence-corrected chi connectivity index (χ2v) is 34.8.